The molecule has 2 aromatic rings. The Labute approximate surface area is 118 Å². The van der Waals surface area contributed by atoms with Crippen molar-refractivity contribution in [2.24, 2.45) is 5.73 Å². The largest absolute Gasteiger partial charge is 0.466 e. The molecule has 0 aliphatic heterocycles. The van der Waals surface area contributed by atoms with Crippen LogP contribution >= 0.6 is 11.3 Å². The summed E-state index contributed by atoms with van der Waals surface area (Å²) in [6.07, 6.45) is 0.528. The van der Waals surface area contributed by atoms with E-state index in [4.69, 9.17) is 10.5 Å². The molecular formula is C12H13N3O4S. The number of aromatic nitrogens is 2. The molecule has 0 fully saturated rings. The summed E-state index contributed by atoms with van der Waals surface area (Å²) in [5.74, 6) is -1.02. The van der Waals surface area contributed by atoms with E-state index in [-0.39, 0.29) is 18.7 Å². The van der Waals surface area contributed by atoms with Gasteiger partial charge in [-0.05, 0) is 13.8 Å². The van der Waals surface area contributed by atoms with Gasteiger partial charge in [-0.2, -0.15) is 0 Å². The predicted octanol–water partition coefficient (Wildman–Crippen LogP) is 0.721. The van der Waals surface area contributed by atoms with Crippen LogP contribution in [0.4, 0.5) is 0 Å². The smallest absolute Gasteiger partial charge is 0.311 e. The average Bonchev–Trinajstić information content (AvgIpc) is 2.86. The summed E-state index contributed by atoms with van der Waals surface area (Å²) in [5.41, 5.74) is 6.38. The molecule has 0 aliphatic rings. The van der Waals surface area contributed by atoms with E-state index in [2.05, 4.69) is 4.98 Å². The Hall–Kier alpha value is -2.22. The lowest BCUT2D eigenvalue weighted by molar-refractivity contribution is -0.142. The molecule has 1 amide bonds. The highest BCUT2D eigenvalue weighted by atomic mass is 32.1. The van der Waals surface area contributed by atoms with Gasteiger partial charge in [0.25, 0.3) is 5.91 Å². The van der Waals surface area contributed by atoms with Gasteiger partial charge in [0.05, 0.1) is 18.7 Å². The molecule has 0 atom stereocenters. The number of carbonyl (C=O) groups excluding carboxylic acids is 3. The normalized spacial score (nSPS) is 10.7. The number of aldehydes is 1. The monoisotopic (exact) mass is 295 g/mol. The van der Waals surface area contributed by atoms with Crippen molar-refractivity contribution >= 4 is 34.5 Å². The van der Waals surface area contributed by atoms with E-state index in [0.717, 1.165) is 11.3 Å². The molecular weight excluding hydrogens is 282 g/mol. The molecule has 8 heteroatoms. The van der Waals surface area contributed by atoms with Gasteiger partial charge in [-0.15, -0.1) is 0 Å². The second kappa shape index (κ2) is 5.41. The zero-order chi connectivity index (χ0) is 14.9. The van der Waals surface area contributed by atoms with E-state index in [9.17, 15) is 14.4 Å². The van der Waals surface area contributed by atoms with Crippen molar-refractivity contribution in [2.75, 3.05) is 6.61 Å². The van der Waals surface area contributed by atoms with Crippen LogP contribution in [0.3, 0.4) is 0 Å². The minimum Gasteiger partial charge on any atom is -0.466 e. The fourth-order valence-corrected chi connectivity index (χ4v) is 2.95. The molecule has 0 unspecified atom stereocenters. The molecule has 0 saturated heterocycles. The lowest BCUT2D eigenvalue weighted by Crippen LogP contribution is -2.12. The number of primary amides is 1. The predicted molar refractivity (Wildman–Crippen MR) is 72.0 cm³/mol. The molecule has 2 aromatic heterocycles. The van der Waals surface area contributed by atoms with Crippen LogP contribution < -0.4 is 5.73 Å². The fourth-order valence-electron chi connectivity index (χ4n) is 1.94. The number of nitrogens with two attached hydrogens (primary N) is 1. The third-order valence-electron chi connectivity index (χ3n) is 2.77. The number of thiazole rings is 1. The number of nitrogens with zero attached hydrogens (tertiary/aromatic N) is 2. The average molecular weight is 295 g/mol. The van der Waals surface area contributed by atoms with Crippen molar-refractivity contribution < 1.29 is 19.1 Å². The number of hydrogen-bond donors (Lipinski definition) is 1. The third kappa shape index (κ3) is 2.29. The van der Waals surface area contributed by atoms with Gasteiger partial charge in [-0.1, -0.05) is 11.3 Å². The van der Waals surface area contributed by atoms with Gasteiger partial charge in [0, 0.05) is 5.69 Å². The molecule has 2 heterocycles. The quantitative estimate of drug-likeness (QED) is 0.646. The first kappa shape index (κ1) is 14.2. The number of ether oxygens (including phenoxy) is 1. The van der Waals surface area contributed by atoms with Gasteiger partial charge in [0.15, 0.2) is 11.2 Å². The van der Waals surface area contributed by atoms with E-state index in [1.807, 2.05) is 0 Å². The number of carbonyl (C=O) groups is 3. The number of fused-ring (bicyclic) bond motifs is 1. The zero-order valence-electron chi connectivity index (χ0n) is 11.0. The van der Waals surface area contributed by atoms with Crippen LogP contribution in [0.25, 0.3) is 4.96 Å². The Morgan fingerprint density at radius 1 is 1.50 bits per heavy atom. The number of esters is 1. The van der Waals surface area contributed by atoms with Crippen LogP contribution in [-0.4, -0.2) is 34.2 Å². The molecule has 0 spiro atoms. The Morgan fingerprint density at radius 3 is 2.75 bits per heavy atom. The summed E-state index contributed by atoms with van der Waals surface area (Å²) < 4.78 is 6.37. The van der Waals surface area contributed by atoms with Crippen LogP contribution in [0, 0.1) is 6.92 Å². The van der Waals surface area contributed by atoms with Crippen molar-refractivity contribution in [3.05, 3.63) is 22.0 Å². The third-order valence-corrected chi connectivity index (χ3v) is 3.93. The zero-order valence-corrected chi connectivity index (χ0v) is 11.8. The summed E-state index contributed by atoms with van der Waals surface area (Å²) in [4.78, 5) is 39.0. The van der Waals surface area contributed by atoms with Crippen LogP contribution in [0.1, 0.15) is 38.5 Å². The van der Waals surface area contributed by atoms with Crippen molar-refractivity contribution in [3.8, 4) is 0 Å². The first-order valence-electron chi connectivity index (χ1n) is 5.90. The van der Waals surface area contributed by atoms with E-state index >= 15 is 0 Å². The lowest BCUT2D eigenvalue weighted by Gasteiger charge is -2.00. The maximum Gasteiger partial charge on any atom is 0.311 e. The number of rotatable bonds is 5. The number of hydrogen-bond acceptors (Lipinski definition) is 6. The first-order chi connectivity index (χ1) is 9.49. The van der Waals surface area contributed by atoms with Crippen molar-refractivity contribution in [2.45, 2.75) is 20.3 Å². The molecule has 0 bridgehead atoms. The Bertz CT molecular complexity index is 701. The fraction of sp³-hybridized carbons (Fsp3) is 0.333. The van der Waals surface area contributed by atoms with Gasteiger partial charge < -0.3 is 10.5 Å². The van der Waals surface area contributed by atoms with Crippen molar-refractivity contribution in [1.82, 2.24) is 9.38 Å². The summed E-state index contributed by atoms with van der Waals surface area (Å²) in [5, 5.41) is 0. The van der Waals surface area contributed by atoms with Crippen molar-refractivity contribution in [1.29, 1.82) is 0 Å². The molecule has 20 heavy (non-hydrogen) atoms. The Balaban J connectivity index is 2.51. The van der Waals surface area contributed by atoms with Crippen LogP contribution in [0.15, 0.2) is 0 Å². The van der Waals surface area contributed by atoms with Gasteiger partial charge >= 0.3 is 5.97 Å². The minimum absolute atomic E-state index is 0.0817. The van der Waals surface area contributed by atoms with Crippen molar-refractivity contribution in [3.63, 3.8) is 0 Å². The van der Waals surface area contributed by atoms with E-state index in [0.29, 0.717) is 27.5 Å². The molecule has 0 aromatic carbocycles. The Kier molecular flexibility index (Phi) is 3.84. The van der Waals surface area contributed by atoms with Crippen LogP contribution in [0.2, 0.25) is 0 Å². The summed E-state index contributed by atoms with van der Waals surface area (Å²) in [7, 11) is 0. The number of imidazole rings is 1. The minimum atomic E-state index is -0.568. The lowest BCUT2D eigenvalue weighted by atomic mass is 10.2. The van der Waals surface area contributed by atoms with Gasteiger partial charge in [-0.25, -0.2) is 4.98 Å². The first-order valence-corrected chi connectivity index (χ1v) is 6.72. The summed E-state index contributed by atoms with van der Waals surface area (Å²) in [6.45, 7) is 3.64. The molecule has 2 N–H and O–H groups in total. The van der Waals surface area contributed by atoms with E-state index < -0.39 is 11.9 Å². The molecule has 0 aliphatic carbocycles. The number of aryl methyl sites for hydroxylation is 1. The van der Waals surface area contributed by atoms with Crippen LogP contribution in [-0.2, 0) is 16.0 Å². The number of amides is 1. The topological polar surface area (TPSA) is 104 Å². The Morgan fingerprint density at radius 2 is 2.20 bits per heavy atom. The maximum atomic E-state index is 11.5. The van der Waals surface area contributed by atoms with Gasteiger partial charge in [0.1, 0.15) is 10.6 Å². The van der Waals surface area contributed by atoms with E-state index in [1.54, 1.807) is 13.8 Å². The SMILES string of the molecule is CCOC(=O)Cc1nc2sc(C(N)=O)c(C)n2c1C=O. The second-order valence-corrected chi connectivity index (χ2v) is 5.02. The second-order valence-electron chi connectivity index (χ2n) is 4.04. The summed E-state index contributed by atoms with van der Waals surface area (Å²) in [6, 6.07) is 0. The highest BCUT2D eigenvalue weighted by Crippen LogP contribution is 2.25. The maximum absolute atomic E-state index is 11.5. The van der Waals surface area contributed by atoms with Gasteiger partial charge in [0.2, 0.25) is 0 Å². The van der Waals surface area contributed by atoms with Crippen LogP contribution in [0.5, 0.6) is 0 Å². The molecule has 106 valence electrons. The molecule has 7 nitrogen and oxygen atoms in total. The highest BCUT2D eigenvalue weighted by Gasteiger charge is 2.22. The molecule has 2 rings (SSSR count). The standard InChI is InChI=1S/C12H13N3O4S/c1-3-19-9(17)4-7-8(5-16)15-6(2)10(11(13)18)20-12(15)14-7/h5H,3-4H2,1-2H3,(H2,13,18). The highest BCUT2D eigenvalue weighted by molar-refractivity contribution is 7.19. The summed E-state index contributed by atoms with van der Waals surface area (Å²) >= 11 is 1.09. The van der Waals surface area contributed by atoms with E-state index in [1.165, 1.54) is 4.40 Å². The van der Waals surface area contributed by atoms with Gasteiger partial charge in [-0.3, -0.25) is 18.8 Å². The molecule has 0 saturated carbocycles. The molecule has 0 radical (unpaired) electrons.